The molecule has 2 aromatic heterocycles. The number of nitrogen functional groups attached to an aromatic ring is 1. The summed E-state index contributed by atoms with van der Waals surface area (Å²) in [7, 11) is 3.51. The Labute approximate surface area is 280 Å². The van der Waals surface area contributed by atoms with E-state index in [0.717, 1.165) is 46.4 Å². The molecule has 1 saturated heterocycles. The molecule has 4 unspecified atom stereocenters. The number of nitrogens with two attached hydrogens (primary N) is 1. The van der Waals surface area contributed by atoms with Crippen LogP contribution in [0.25, 0.3) is 11.0 Å². The Morgan fingerprint density at radius 2 is 2.09 bits per heavy atom. The summed E-state index contributed by atoms with van der Waals surface area (Å²) in [5.41, 5.74) is 7.83. The number of rotatable bonds is 4. The van der Waals surface area contributed by atoms with E-state index >= 15 is 0 Å². The van der Waals surface area contributed by atoms with Gasteiger partial charge in [0, 0.05) is 79.3 Å². The van der Waals surface area contributed by atoms with Gasteiger partial charge in [-0.1, -0.05) is 39.3 Å². The van der Waals surface area contributed by atoms with Crippen LogP contribution in [0.3, 0.4) is 0 Å². The molecular weight excluding hydrogens is 639 g/mol. The van der Waals surface area contributed by atoms with Crippen molar-refractivity contribution in [1.29, 1.82) is 0 Å². The molecular formula is C35H37N3O7S2. The van der Waals surface area contributed by atoms with Crippen LogP contribution in [-0.2, 0) is 27.2 Å². The number of fused-ring (bicyclic) bond motifs is 7. The van der Waals surface area contributed by atoms with Crippen LogP contribution in [0.5, 0.6) is 5.75 Å². The van der Waals surface area contributed by atoms with Gasteiger partial charge >= 0.3 is 11.6 Å². The molecule has 1 fully saturated rings. The minimum Gasteiger partial charge on any atom is -0.481 e. The molecule has 1 amide bonds. The van der Waals surface area contributed by atoms with Crippen LogP contribution in [0.15, 0.2) is 69.0 Å². The van der Waals surface area contributed by atoms with Crippen molar-refractivity contribution in [2.75, 3.05) is 30.4 Å². The maximum atomic E-state index is 13.7. The first-order chi connectivity index (χ1) is 22.6. The zero-order valence-electron chi connectivity index (χ0n) is 26.3. The van der Waals surface area contributed by atoms with Gasteiger partial charge in [-0.25, -0.2) is 14.6 Å². The van der Waals surface area contributed by atoms with Crippen LogP contribution < -0.4 is 16.1 Å². The normalized spacial score (nSPS) is 27.3. The molecule has 246 valence electrons. The lowest BCUT2D eigenvalue weighted by molar-refractivity contribution is -0.183. The average Bonchev–Trinajstić information content (AvgIpc) is 3.39. The number of aromatic nitrogens is 1. The van der Waals surface area contributed by atoms with Gasteiger partial charge in [0.25, 0.3) is 0 Å². The first kappa shape index (κ1) is 31.8. The third-order valence-electron chi connectivity index (χ3n) is 10.1. The Bertz CT molecular complexity index is 1890. The third-order valence-corrected chi connectivity index (χ3v) is 12.5. The van der Waals surface area contributed by atoms with Gasteiger partial charge < -0.3 is 29.6 Å². The fourth-order valence-corrected chi connectivity index (χ4v) is 9.94. The molecule has 5 heterocycles. The number of hydrogen-bond acceptors (Lipinski definition) is 11. The smallest absolute Gasteiger partial charge is 0.336 e. The summed E-state index contributed by atoms with van der Waals surface area (Å²) in [4.78, 5) is 45.9. The number of carbonyl (C=O) groups excluding carboxylic acids is 2. The first-order valence-corrected chi connectivity index (χ1v) is 18.4. The Kier molecular flexibility index (Phi) is 8.38. The molecule has 4 aliphatic rings. The summed E-state index contributed by atoms with van der Waals surface area (Å²) in [5.74, 6) is 1.42. The van der Waals surface area contributed by atoms with Crippen LogP contribution in [0, 0.1) is 0 Å². The summed E-state index contributed by atoms with van der Waals surface area (Å²) in [6, 6.07) is 8.86. The van der Waals surface area contributed by atoms with E-state index in [2.05, 4.69) is 11.1 Å². The molecule has 10 nitrogen and oxygen atoms in total. The summed E-state index contributed by atoms with van der Waals surface area (Å²) in [5, 5.41) is 10.4. The molecule has 0 radical (unpaired) electrons. The highest BCUT2D eigenvalue weighted by atomic mass is 33.1. The van der Waals surface area contributed by atoms with Crippen molar-refractivity contribution >= 4 is 50.3 Å². The number of anilines is 1. The number of esters is 1. The minimum absolute atomic E-state index is 0.0449. The molecule has 12 heteroatoms. The molecule has 1 aromatic carbocycles. The number of benzene rings is 1. The third kappa shape index (κ3) is 5.53. The number of carbonyl (C=O) groups is 2. The number of nitrogens with zero attached hydrogens (tertiary/aromatic N) is 2. The number of pyridine rings is 1. The monoisotopic (exact) mass is 675 g/mol. The van der Waals surface area contributed by atoms with Crippen LogP contribution in [-0.4, -0.2) is 68.8 Å². The molecule has 7 rings (SSSR count). The van der Waals surface area contributed by atoms with Crippen molar-refractivity contribution in [3.8, 4) is 5.75 Å². The quantitative estimate of drug-likeness (QED) is 0.130. The minimum atomic E-state index is -1.20. The van der Waals surface area contributed by atoms with E-state index in [1.165, 1.54) is 6.07 Å². The Balaban J connectivity index is 1.42. The first-order valence-electron chi connectivity index (χ1n) is 15.9. The van der Waals surface area contributed by atoms with Crippen molar-refractivity contribution < 1.29 is 28.6 Å². The van der Waals surface area contributed by atoms with Crippen LogP contribution >= 0.6 is 21.6 Å². The van der Waals surface area contributed by atoms with Crippen LogP contribution in [0.1, 0.15) is 55.7 Å². The van der Waals surface area contributed by atoms with E-state index in [-0.39, 0.29) is 31.4 Å². The summed E-state index contributed by atoms with van der Waals surface area (Å²) in [6.07, 6.45) is 7.56. The van der Waals surface area contributed by atoms with Crippen molar-refractivity contribution in [1.82, 2.24) is 9.88 Å². The van der Waals surface area contributed by atoms with E-state index in [0.29, 0.717) is 41.3 Å². The fourth-order valence-electron chi connectivity index (χ4n) is 7.42. The van der Waals surface area contributed by atoms with Gasteiger partial charge in [0.15, 0.2) is 11.2 Å². The zero-order chi connectivity index (χ0) is 32.9. The second-order valence-corrected chi connectivity index (χ2v) is 15.3. The lowest BCUT2D eigenvalue weighted by Gasteiger charge is -2.52. The number of amides is 1. The van der Waals surface area contributed by atoms with E-state index in [1.54, 1.807) is 52.9 Å². The second-order valence-electron chi connectivity index (χ2n) is 12.8. The van der Waals surface area contributed by atoms with E-state index < -0.39 is 28.7 Å². The maximum Gasteiger partial charge on any atom is 0.336 e. The zero-order valence-corrected chi connectivity index (χ0v) is 28.0. The number of hydrogen-bond donors (Lipinski definition) is 2. The van der Waals surface area contributed by atoms with E-state index in [4.69, 9.17) is 19.6 Å². The van der Waals surface area contributed by atoms with E-state index in [9.17, 15) is 19.5 Å². The predicted octanol–water partition coefficient (Wildman–Crippen LogP) is 4.73. The highest BCUT2D eigenvalue weighted by Crippen LogP contribution is 2.58. The molecule has 3 N–H and O–H groups in total. The molecule has 1 spiro atoms. The predicted molar refractivity (Wildman–Crippen MR) is 182 cm³/mol. The van der Waals surface area contributed by atoms with Crippen molar-refractivity contribution in [2.45, 2.75) is 69.1 Å². The van der Waals surface area contributed by atoms with Gasteiger partial charge in [-0.3, -0.25) is 4.79 Å². The van der Waals surface area contributed by atoms with Gasteiger partial charge in [-0.15, -0.1) is 0 Å². The summed E-state index contributed by atoms with van der Waals surface area (Å²) in [6.45, 7) is 4.19. The Morgan fingerprint density at radius 1 is 1.23 bits per heavy atom. The molecule has 0 saturated carbocycles. The van der Waals surface area contributed by atoms with Gasteiger partial charge in [0.1, 0.15) is 17.2 Å². The van der Waals surface area contributed by atoms with Crippen molar-refractivity contribution in [3.05, 3.63) is 86.9 Å². The fraction of sp³-hybridized carbons (Fsp3) is 0.429. The van der Waals surface area contributed by atoms with Crippen molar-refractivity contribution in [2.24, 2.45) is 0 Å². The summed E-state index contributed by atoms with van der Waals surface area (Å²) < 4.78 is 19.1. The number of aliphatic hydroxyl groups excluding tert-OH is 1. The largest absolute Gasteiger partial charge is 0.481 e. The standard InChI is InChI=1S/C35H37N3O7S2/c1-3-20(8-11-39)33(42)45-34(2)9-6-22-18-46-47-19-25-7-10-38(25)30(40)13-24-17-37-29(36)14-26(24)32(22)35(34)16-23-12-21-4-5-31(41)43-27(21)15-28(23)44-35/h3-6,12,14-15,17,25,32,39H,7-11,13,16,18-19H2,1-2H3,(H2,36,37). The molecule has 0 bridgehead atoms. The second kappa shape index (κ2) is 12.4. The average molecular weight is 676 g/mol. The van der Waals surface area contributed by atoms with Gasteiger partial charge in [0.2, 0.25) is 5.91 Å². The molecule has 3 aromatic rings. The van der Waals surface area contributed by atoms with Gasteiger partial charge in [-0.2, -0.15) is 0 Å². The number of ether oxygens (including phenoxy) is 2. The number of aliphatic hydroxyl groups is 1. The molecule has 47 heavy (non-hydrogen) atoms. The topological polar surface area (TPSA) is 145 Å². The highest BCUT2D eigenvalue weighted by Gasteiger charge is 2.64. The molecule has 3 aliphatic heterocycles. The Morgan fingerprint density at radius 3 is 2.85 bits per heavy atom. The van der Waals surface area contributed by atoms with Crippen LogP contribution in [0.2, 0.25) is 0 Å². The lowest BCUT2D eigenvalue weighted by Crippen LogP contribution is -2.63. The van der Waals surface area contributed by atoms with E-state index in [1.807, 2.05) is 24.0 Å². The van der Waals surface area contributed by atoms with Crippen LogP contribution in [0.4, 0.5) is 5.82 Å². The molecule has 1 aliphatic carbocycles. The van der Waals surface area contributed by atoms with Crippen molar-refractivity contribution in [3.63, 3.8) is 0 Å². The maximum absolute atomic E-state index is 13.7. The van der Waals surface area contributed by atoms with Gasteiger partial charge in [0.05, 0.1) is 12.3 Å². The molecule has 4 atom stereocenters. The SMILES string of the molecule is CC=C(CCO)C(=O)OC1(C)CC=C2CSSCC3CCN3C(=O)Cc3cnc(N)cc3C2C12Cc1cc3ccc(=O)oc3cc1O2. The van der Waals surface area contributed by atoms with Gasteiger partial charge in [-0.05, 0) is 55.2 Å². The lowest BCUT2D eigenvalue weighted by atomic mass is 9.61. The summed E-state index contributed by atoms with van der Waals surface area (Å²) >= 11 is 0. The highest BCUT2D eigenvalue weighted by molar-refractivity contribution is 8.76. The Hall–Kier alpha value is -3.74. The number of allylic oxidation sites excluding steroid dienone is 1.